The van der Waals surface area contributed by atoms with Gasteiger partial charge in [-0.15, -0.1) is 0 Å². The number of carboxylic acids is 1. The second-order valence-corrected chi connectivity index (χ2v) is 8.28. The van der Waals surface area contributed by atoms with Gasteiger partial charge in [-0.25, -0.2) is 13.8 Å². The lowest BCUT2D eigenvalue weighted by Gasteiger charge is -2.33. The zero-order valence-corrected chi connectivity index (χ0v) is 17.4. The predicted octanol–water partition coefficient (Wildman–Crippen LogP) is 4.52. The highest BCUT2D eigenvalue weighted by Crippen LogP contribution is 2.36. The third-order valence-corrected chi connectivity index (χ3v) is 5.90. The minimum absolute atomic E-state index is 0.0386. The van der Waals surface area contributed by atoms with E-state index in [4.69, 9.17) is 14.6 Å². The Morgan fingerprint density at radius 2 is 1.81 bits per heavy atom. The Morgan fingerprint density at radius 1 is 1.13 bits per heavy atom. The third kappa shape index (κ3) is 5.06. The smallest absolute Gasteiger partial charge is 0.303 e. The zero-order chi connectivity index (χ0) is 22.0. The van der Waals surface area contributed by atoms with Crippen LogP contribution >= 0.6 is 0 Å². The van der Waals surface area contributed by atoms with Crippen molar-refractivity contribution in [1.29, 1.82) is 0 Å². The summed E-state index contributed by atoms with van der Waals surface area (Å²) < 4.78 is 40.9. The monoisotopic (exact) mass is 432 g/mol. The van der Waals surface area contributed by atoms with Crippen LogP contribution in [0.2, 0.25) is 0 Å². The SMILES string of the molecule is COc1ccc(-c2cc(F)c(N3CCC(CC(=O)O)CC3)c(F)c2)nc1OCC1CC1. The van der Waals surface area contributed by atoms with Gasteiger partial charge in [0.2, 0.25) is 0 Å². The van der Waals surface area contributed by atoms with E-state index in [1.54, 1.807) is 17.0 Å². The van der Waals surface area contributed by atoms with E-state index in [9.17, 15) is 13.6 Å². The number of hydrogen-bond donors (Lipinski definition) is 1. The predicted molar refractivity (Wildman–Crippen MR) is 112 cm³/mol. The Labute approximate surface area is 179 Å². The number of nitrogens with zero attached hydrogens (tertiary/aromatic N) is 2. The van der Waals surface area contributed by atoms with Gasteiger partial charge < -0.3 is 19.5 Å². The van der Waals surface area contributed by atoms with E-state index in [2.05, 4.69) is 4.98 Å². The number of ether oxygens (including phenoxy) is 2. The van der Waals surface area contributed by atoms with Crippen molar-refractivity contribution in [2.75, 3.05) is 31.7 Å². The van der Waals surface area contributed by atoms with Gasteiger partial charge in [-0.05, 0) is 61.8 Å². The van der Waals surface area contributed by atoms with Gasteiger partial charge in [0.05, 0.1) is 19.4 Å². The van der Waals surface area contributed by atoms with E-state index in [-0.39, 0.29) is 18.0 Å². The Balaban J connectivity index is 1.53. The lowest BCUT2D eigenvalue weighted by atomic mass is 9.93. The van der Waals surface area contributed by atoms with Crippen molar-refractivity contribution in [2.45, 2.75) is 32.1 Å². The molecule has 2 fully saturated rings. The van der Waals surface area contributed by atoms with Crippen LogP contribution in [0.3, 0.4) is 0 Å². The van der Waals surface area contributed by atoms with E-state index < -0.39 is 17.6 Å². The van der Waals surface area contributed by atoms with Gasteiger partial charge in [-0.1, -0.05) is 0 Å². The highest BCUT2D eigenvalue weighted by molar-refractivity contribution is 5.67. The number of methoxy groups -OCH3 is 1. The maximum atomic E-state index is 14.9. The molecule has 4 rings (SSSR count). The Hall–Kier alpha value is -2.90. The molecular weight excluding hydrogens is 406 g/mol. The molecular formula is C23H26F2N2O4. The first-order chi connectivity index (χ1) is 14.9. The number of aromatic nitrogens is 1. The molecule has 1 saturated carbocycles. The maximum absolute atomic E-state index is 14.9. The quantitative estimate of drug-likeness (QED) is 0.662. The number of anilines is 1. The van der Waals surface area contributed by atoms with E-state index in [0.717, 1.165) is 12.8 Å². The van der Waals surface area contributed by atoms with E-state index >= 15 is 0 Å². The average Bonchev–Trinajstić information content (AvgIpc) is 3.57. The standard InChI is InChI=1S/C23H26F2N2O4/c1-30-20-5-4-19(26-23(20)31-13-15-2-3-15)16-11-17(24)22(18(25)12-16)27-8-6-14(7-9-27)10-21(28)29/h4-5,11-12,14-15H,2-3,6-10,13H2,1H3,(H,28,29). The molecule has 0 atom stereocenters. The van der Waals surface area contributed by atoms with Crippen LogP contribution in [0.4, 0.5) is 14.5 Å². The number of hydrogen-bond acceptors (Lipinski definition) is 5. The van der Waals surface area contributed by atoms with Crippen molar-refractivity contribution in [3.05, 3.63) is 35.9 Å². The summed E-state index contributed by atoms with van der Waals surface area (Å²) in [6.07, 6.45) is 3.54. The molecule has 0 unspecified atom stereocenters. The minimum atomic E-state index is -0.840. The molecule has 0 bridgehead atoms. The molecule has 0 amide bonds. The number of piperidine rings is 1. The highest BCUT2D eigenvalue weighted by atomic mass is 19.1. The molecule has 2 aromatic rings. The molecule has 2 aliphatic rings. The summed E-state index contributed by atoms with van der Waals surface area (Å²) in [5.74, 6) is -0.800. The first-order valence-electron chi connectivity index (χ1n) is 10.6. The van der Waals surface area contributed by atoms with Crippen LogP contribution in [0.15, 0.2) is 24.3 Å². The van der Waals surface area contributed by atoms with Crippen molar-refractivity contribution < 1.29 is 28.2 Å². The van der Waals surface area contributed by atoms with Crippen molar-refractivity contribution in [3.63, 3.8) is 0 Å². The Kier molecular flexibility index (Phi) is 6.25. The normalized spacial score (nSPS) is 16.9. The number of carboxylic acid groups (broad SMARTS) is 1. The van der Waals surface area contributed by atoms with Crippen LogP contribution < -0.4 is 14.4 Å². The summed E-state index contributed by atoms with van der Waals surface area (Å²) >= 11 is 0. The van der Waals surface area contributed by atoms with Crippen molar-refractivity contribution >= 4 is 11.7 Å². The van der Waals surface area contributed by atoms with Gasteiger partial charge >= 0.3 is 5.97 Å². The fraction of sp³-hybridized carbons (Fsp3) is 0.478. The molecule has 0 spiro atoms. The Morgan fingerprint density at radius 3 is 2.39 bits per heavy atom. The molecule has 8 heteroatoms. The van der Waals surface area contributed by atoms with E-state index in [0.29, 0.717) is 61.3 Å². The lowest BCUT2D eigenvalue weighted by molar-refractivity contribution is -0.138. The summed E-state index contributed by atoms with van der Waals surface area (Å²) in [6.45, 7) is 1.39. The molecule has 6 nitrogen and oxygen atoms in total. The largest absolute Gasteiger partial charge is 0.491 e. The molecule has 1 aliphatic carbocycles. The second kappa shape index (κ2) is 9.08. The molecule has 1 aromatic heterocycles. The number of benzene rings is 1. The van der Waals surface area contributed by atoms with Crippen molar-refractivity contribution in [1.82, 2.24) is 4.98 Å². The van der Waals surface area contributed by atoms with Crippen LogP contribution in [-0.4, -0.2) is 42.9 Å². The lowest BCUT2D eigenvalue weighted by Crippen LogP contribution is -2.35. The molecule has 31 heavy (non-hydrogen) atoms. The fourth-order valence-corrected chi connectivity index (χ4v) is 3.95. The zero-order valence-electron chi connectivity index (χ0n) is 17.4. The molecule has 1 saturated heterocycles. The molecule has 2 heterocycles. The number of halogens is 2. The van der Waals surface area contributed by atoms with Gasteiger partial charge in [0.1, 0.15) is 17.3 Å². The van der Waals surface area contributed by atoms with Gasteiger partial charge in [-0.3, -0.25) is 4.79 Å². The van der Waals surface area contributed by atoms with E-state index in [1.807, 2.05) is 0 Å². The minimum Gasteiger partial charge on any atom is -0.491 e. The third-order valence-electron chi connectivity index (χ3n) is 5.90. The molecule has 1 N–H and O–H groups in total. The maximum Gasteiger partial charge on any atom is 0.303 e. The van der Waals surface area contributed by atoms with Crippen LogP contribution in [0.25, 0.3) is 11.3 Å². The van der Waals surface area contributed by atoms with Crippen molar-refractivity contribution in [2.24, 2.45) is 11.8 Å². The first-order valence-corrected chi connectivity index (χ1v) is 10.6. The molecule has 1 aliphatic heterocycles. The first kappa shape index (κ1) is 21.3. The molecule has 1 aromatic carbocycles. The van der Waals surface area contributed by atoms with Crippen molar-refractivity contribution in [3.8, 4) is 22.9 Å². The molecule has 0 radical (unpaired) electrons. The van der Waals surface area contributed by atoms with E-state index in [1.165, 1.54) is 19.2 Å². The number of pyridine rings is 1. The molecule has 166 valence electrons. The van der Waals surface area contributed by atoms with Gasteiger partial charge in [0.15, 0.2) is 5.75 Å². The summed E-state index contributed by atoms with van der Waals surface area (Å²) in [4.78, 5) is 17.0. The summed E-state index contributed by atoms with van der Waals surface area (Å²) in [6, 6.07) is 5.89. The summed E-state index contributed by atoms with van der Waals surface area (Å²) in [5, 5.41) is 8.94. The topological polar surface area (TPSA) is 71.9 Å². The number of aliphatic carboxylic acids is 1. The summed E-state index contributed by atoms with van der Waals surface area (Å²) in [5.41, 5.74) is 0.644. The fourth-order valence-electron chi connectivity index (χ4n) is 3.95. The summed E-state index contributed by atoms with van der Waals surface area (Å²) in [7, 11) is 1.52. The number of carbonyl (C=O) groups is 1. The van der Waals surface area contributed by atoms with Crippen LogP contribution in [0, 0.1) is 23.5 Å². The van der Waals surface area contributed by atoms with Crippen LogP contribution in [0.5, 0.6) is 11.6 Å². The Bertz CT molecular complexity index is 934. The van der Waals surface area contributed by atoms with Crippen LogP contribution in [0.1, 0.15) is 32.1 Å². The average molecular weight is 432 g/mol. The number of rotatable bonds is 8. The van der Waals surface area contributed by atoms with Gasteiger partial charge in [-0.2, -0.15) is 0 Å². The highest BCUT2D eigenvalue weighted by Gasteiger charge is 2.26. The van der Waals surface area contributed by atoms with Crippen LogP contribution in [-0.2, 0) is 4.79 Å². The second-order valence-electron chi connectivity index (χ2n) is 8.28. The van der Waals surface area contributed by atoms with Gasteiger partial charge in [0, 0.05) is 25.1 Å². The van der Waals surface area contributed by atoms with Gasteiger partial charge in [0.25, 0.3) is 5.88 Å².